The van der Waals surface area contributed by atoms with Crippen molar-refractivity contribution in [2.45, 2.75) is 44.8 Å². The lowest BCUT2D eigenvalue weighted by molar-refractivity contribution is 0.0794. The van der Waals surface area contributed by atoms with Crippen molar-refractivity contribution >= 4 is 5.78 Å². The number of hydrogen-bond donors (Lipinski definition) is 1. The Morgan fingerprint density at radius 2 is 2.00 bits per heavy atom. The van der Waals surface area contributed by atoms with E-state index >= 15 is 0 Å². The minimum atomic E-state index is -0.656. The lowest BCUT2D eigenvalue weighted by atomic mass is 9.72. The molecule has 0 aliphatic heterocycles. The predicted octanol–water partition coefficient (Wildman–Crippen LogP) is 2.54. The van der Waals surface area contributed by atoms with Crippen molar-refractivity contribution in [1.82, 2.24) is 0 Å². The van der Waals surface area contributed by atoms with Gasteiger partial charge in [-0.25, -0.2) is 0 Å². The van der Waals surface area contributed by atoms with E-state index in [1.807, 2.05) is 32.0 Å². The summed E-state index contributed by atoms with van der Waals surface area (Å²) in [5.41, 5.74) is 6.03. The van der Waals surface area contributed by atoms with E-state index in [0.29, 0.717) is 11.3 Å². The van der Waals surface area contributed by atoms with Crippen LogP contribution in [0.4, 0.5) is 0 Å². The summed E-state index contributed by atoms with van der Waals surface area (Å²) in [4.78, 5) is 12.3. The Labute approximate surface area is 102 Å². The van der Waals surface area contributed by atoms with Crippen LogP contribution in [0.5, 0.6) is 5.75 Å². The highest BCUT2D eigenvalue weighted by atomic mass is 16.5. The first kappa shape index (κ1) is 12.1. The van der Waals surface area contributed by atoms with Gasteiger partial charge in [0.05, 0.1) is 17.2 Å². The summed E-state index contributed by atoms with van der Waals surface area (Å²) in [5, 5.41) is 0. The fourth-order valence-corrected chi connectivity index (χ4v) is 2.06. The SMILES string of the molecule is CC(C)Oc1ccccc1C(=O)C1(N)CCC1. The number of ketones is 1. The first-order valence-electron chi connectivity index (χ1n) is 6.12. The third kappa shape index (κ3) is 2.34. The van der Waals surface area contributed by atoms with Crippen LogP contribution in [0.3, 0.4) is 0 Å². The normalized spacial score (nSPS) is 17.6. The Balaban J connectivity index is 2.28. The van der Waals surface area contributed by atoms with Crippen molar-refractivity contribution in [3.8, 4) is 5.75 Å². The molecule has 1 saturated carbocycles. The van der Waals surface area contributed by atoms with E-state index in [4.69, 9.17) is 10.5 Å². The van der Waals surface area contributed by atoms with Gasteiger partial charge in [0.15, 0.2) is 5.78 Å². The number of para-hydroxylation sites is 1. The summed E-state index contributed by atoms with van der Waals surface area (Å²) in [6.45, 7) is 3.89. The smallest absolute Gasteiger partial charge is 0.186 e. The third-order valence-corrected chi connectivity index (χ3v) is 3.19. The molecule has 1 aromatic rings. The van der Waals surface area contributed by atoms with E-state index in [1.165, 1.54) is 0 Å². The molecule has 3 nitrogen and oxygen atoms in total. The molecule has 2 N–H and O–H groups in total. The van der Waals surface area contributed by atoms with E-state index in [9.17, 15) is 4.79 Å². The maximum Gasteiger partial charge on any atom is 0.186 e. The zero-order valence-corrected chi connectivity index (χ0v) is 10.4. The molecule has 92 valence electrons. The lowest BCUT2D eigenvalue weighted by Crippen LogP contribution is -2.53. The van der Waals surface area contributed by atoms with Crippen LogP contribution in [0, 0.1) is 0 Å². The van der Waals surface area contributed by atoms with Crippen molar-refractivity contribution in [2.24, 2.45) is 5.73 Å². The first-order valence-corrected chi connectivity index (χ1v) is 6.12. The van der Waals surface area contributed by atoms with Crippen LogP contribution < -0.4 is 10.5 Å². The highest BCUT2D eigenvalue weighted by Crippen LogP contribution is 2.34. The molecule has 1 aliphatic carbocycles. The van der Waals surface area contributed by atoms with Gasteiger partial charge < -0.3 is 10.5 Å². The summed E-state index contributed by atoms with van der Waals surface area (Å²) in [6, 6.07) is 7.35. The van der Waals surface area contributed by atoms with E-state index in [-0.39, 0.29) is 11.9 Å². The van der Waals surface area contributed by atoms with Crippen LogP contribution in [0.1, 0.15) is 43.5 Å². The second-order valence-electron chi connectivity index (χ2n) is 5.00. The monoisotopic (exact) mass is 233 g/mol. The molecular weight excluding hydrogens is 214 g/mol. The summed E-state index contributed by atoms with van der Waals surface area (Å²) in [7, 11) is 0. The molecule has 1 fully saturated rings. The maximum atomic E-state index is 12.3. The number of benzene rings is 1. The highest BCUT2D eigenvalue weighted by Gasteiger charge is 2.41. The molecule has 0 saturated heterocycles. The zero-order chi connectivity index (χ0) is 12.5. The quantitative estimate of drug-likeness (QED) is 0.813. The standard InChI is InChI=1S/C14H19NO2/c1-10(2)17-12-7-4-3-6-11(12)13(16)14(15)8-5-9-14/h3-4,6-7,10H,5,8-9,15H2,1-2H3. The molecule has 0 radical (unpaired) electrons. The minimum Gasteiger partial charge on any atom is -0.490 e. The fraction of sp³-hybridized carbons (Fsp3) is 0.500. The topological polar surface area (TPSA) is 52.3 Å². The highest BCUT2D eigenvalue weighted by molar-refractivity contribution is 6.05. The Hall–Kier alpha value is -1.35. The summed E-state index contributed by atoms with van der Waals surface area (Å²) in [6.07, 6.45) is 2.65. The van der Waals surface area contributed by atoms with Crippen LogP contribution in [0.2, 0.25) is 0 Å². The summed E-state index contributed by atoms with van der Waals surface area (Å²) in [5.74, 6) is 0.657. The second kappa shape index (κ2) is 4.49. The van der Waals surface area contributed by atoms with E-state index in [1.54, 1.807) is 6.07 Å². The Bertz CT molecular complexity index is 422. The van der Waals surface area contributed by atoms with Gasteiger partial charge in [-0.3, -0.25) is 4.79 Å². The molecule has 3 heteroatoms. The van der Waals surface area contributed by atoms with Crippen LogP contribution in [0.15, 0.2) is 24.3 Å². The lowest BCUT2D eigenvalue weighted by Gasteiger charge is -2.36. The van der Waals surface area contributed by atoms with Gasteiger partial charge >= 0.3 is 0 Å². The molecule has 0 heterocycles. The van der Waals surface area contributed by atoms with Crippen molar-refractivity contribution in [2.75, 3.05) is 0 Å². The van der Waals surface area contributed by atoms with Gasteiger partial charge in [0.1, 0.15) is 5.75 Å². The molecule has 0 aromatic heterocycles. The Morgan fingerprint density at radius 3 is 2.53 bits per heavy atom. The van der Waals surface area contributed by atoms with Crippen molar-refractivity contribution in [3.63, 3.8) is 0 Å². The molecule has 1 aliphatic rings. The Kier molecular flexibility index (Phi) is 3.20. The van der Waals surface area contributed by atoms with Gasteiger partial charge in [-0.1, -0.05) is 12.1 Å². The second-order valence-corrected chi connectivity index (χ2v) is 5.00. The van der Waals surface area contributed by atoms with Crippen molar-refractivity contribution in [1.29, 1.82) is 0 Å². The van der Waals surface area contributed by atoms with E-state index < -0.39 is 5.54 Å². The van der Waals surface area contributed by atoms with Gasteiger partial charge in [-0.2, -0.15) is 0 Å². The average molecular weight is 233 g/mol. The number of rotatable bonds is 4. The molecule has 0 atom stereocenters. The predicted molar refractivity (Wildman–Crippen MR) is 67.3 cm³/mol. The van der Waals surface area contributed by atoms with Crippen molar-refractivity contribution < 1.29 is 9.53 Å². The molecule has 2 rings (SSSR count). The number of ether oxygens (including phenoxy) is 1. The van der Waals surface area contributed by atoms with E-state index in [2.05, 4.69) is 0 Å². The number of carbonyl (C=O) groups excluding carboxylic acids is 1. The zero-order valence-electron chi connectivity index (χ0n) is 10.4. The van der Waals surface area contributed by atoms with Crippen LogP contribution in [0.25, 0.3) is 0 Å². The van der Waals surface area contributed by atoms with E-state index in [0.717, 1.165) is 19.3 Å². The number of hydrogen-bond acceptors (Lipinski definition) is 3. The molecule has 0 unspecified atom stereocenters. The molecule has 0 bridgehead atoms. The average Bonchev–Trinajstić information content (AvgIpc) is 2.25. The molecule has 0 spiro atoms. The largest absolute Gasteiger partial charge is 0.490 e. The Morgan fingerprint density at radius 1 is 1.35 bits per heavy atom. The van der Waals surface area contributed by atoms with Gasteiger partial charge in [0, 0.05) is 0 Å². The maximum absolute atomic E-state index is 12.3. The molecule has 17 heavy (non-hydrogen) atoms. The molecular formula is C14H19NO2. The van der Waals surface area contributed by atoms with Gasteiger partial charge in [-0.05, 0) is 45.2 Å². The minimum absolute atomic E-state index is 0.0139. The first-order chi connectivity index (χ1) is 8.03. The van der Waals surface area contributed by atoms with Crippen molar-refractivity contribution in [3.05, 3.63) is 29.8 Å². The molecule has 1 aromatic carbocycles. The van der Waals surface area contributed by atoms with Crippen LogP contribution in [-0.4, -0.2) is 17.4 Å². The van der Waals surface area contributed by atoms with Gasteiger partial charge in [0.2, 0.25) is 0 Å². The number of Topliss-reactive ketones (excluding diaryl/α,β-unsaturated/α-hetero) is 1. The summed E-state index contributed by atoms with van der Waals surface area (Å²) < 4.78 is 5.65. The number of carbonyl (C=O) groups is 1. The van der Waals surface area contributed by atoms with Gasteiger partial charge in [0.25, 0.3) is 0 Å². The summed E-state index contributed by atoms with van der Waals surface area (Å²) >= 11 is 0. The molecule has 0 amide bonds. The fourth-order valence-electron chi connectivity index (χ4n) is 2.06. The third-order valence-electron chi connectivity index (χ3n) is 3.19. The number of nitrogens with two attached hydrogens (primary N) is 1. The van der Waals surface area contributed by atoms with Crippen LogP contribution >= 0.6 is 0 Å². The van der Waals surface area contributed by atoms with Crippen LogP contribution in [-0.2, 0) is 0 Å². The van der Waals surface area contributed by atoms with Gasteiger partial charge in [-0.15, -0.1) is 0 Å².